The molecule has 1 aliphatic heterocycles. The number of amides is 1. The number of allylic oxidation sites excluding steroid dienone is 2. The molecule has 0 aromatic heterocycles. The number of hydrogen-bond acceptors (Lipinski definition) is 4. The fourth-order valence-corrected chi connectivity index (χ4v) is 2.60. The Hall–Kier alpha value is -1.46. The van der Waals surface area contributed by atoms with E-state index in [2.05, 4.69) is 10.8 Å². The number of fused-ring (bicyclic) bond motifs is 1. The molecule has 6 heteroatoms. The first-order valence-electron chi connectivity index (χ1n) is 8.15. The van der Waals surface area contributed by atoms with Crippen LogP contribution in [0, 0.1) is 11.8 Å². The molecule has 0 aromatic carbocycles. The second kappa shape index (κ2) is 10.3. The third-order valence-corrected chi connectivity index (χ3v) is 3.51. The van der Waals surface area contributed by atoms with Gasteiger partial charge in [-0.2, -0.15) is 0 Å². The number of ether oxygens (including phenoxy) is 2. The highest BCUT2D eigenvalue weighted by Gasteiger charge is 2.37. The molecule has 1 aliphatic carbocycles. The predicted octanol–water partition coefficient (Wildman–Crippen LogP) is 3.13. The molecule has 1 saturated heterocycles. The molecule has 130 valence electrons. The molecule has 5 nitrogen and oxygen atoms in total. The summed E-state index contributed by atoms with van der Waals surface area (Å²) in [4.78, 5) is 22.7. The highest BCUT2D eigenvalue weighted by atomic mass is 16.6. The van der Waals surface area contributed by atoms with Crippen LogP contribution in [0.3, 0.4) is 0 Å². The van der Waals surface area contributed by atoms with Crippen molar-refractivity contribution in [3.05, 3.63) is 11.5 Å². The van der Waals surface area contributed by atoms with Gasteiger partial charge in [-0.05, 0) is 45.4 Å². The standard InChI is InChI=1S/C13H20BNO2.C2H4O2.C2H6/c1-13(2,3)17-12(16)15-7-9-4-5-11(14)6-10(9)8-15;1-4-2-3;1-2/h5,9-10H,4,6-8H2,1-3H3;2H,1H3;1-2H3/t9-,10+;;/m0../s1. The monoisotopic (exact) mass is 323 g/mol. The van der Waals surface area contributed by atoms with Crippen LogP contribution in [0.4, 0.5) is 4.79 Å². The van der Waals surface area contributed by atoms with E-state index in [0.29, 0.717) is 18.3 Å². The van der Waals surface area contributed by atoms with E-state index in [9.17, 15) is 4.79 Å². The average Bonchev–Trinajstić information content (AvgIpc) is 2.91. The molecular weight excluding hydrogens is 293 g/mol. The molecule has 1 amide bonds. The first-order valence-corrected chi connectivity index (χ1v) is 8.15. The van der Waals surface area contributed by atoms with Crippen LogP contribution < -0.4 is 0 Å². The minimum atomic E-state index is -0.415. The maximum Gasteiger partial charge on any atom is 0.410 e. The van der Waals surface area contributed by atoms with Gasteiger partial charge in [-0.1, -0.05) is 19.9 Å². The Labute approximate surface area is 141 Å². The minimum absolute atomic E-state index is 0.189. The molecule has 2 aliphatic rings. The van der Waals surface area contributed by atoms with Crippen molar-refractivity contribution in [2.45, 2.75) is 53.1 Å². The number of rotatable bonds is 1. The van der Waals surface area contributed by atoms with Gasteiger partial charge in [-0.15, -0.1) is 5.47 Å². The van der Waals surface area contributed by atoms with Crippen LogP contribution in [0.2, 0.25) is 0 Å². The average molecular weight is 323 g/mol. The Bertz CT molecular complexity index is 404. The zero-order valence-electron chi connectivity index (χ0n) is 15.3. The lowest BCUT2D eigenvalue weighted by atomic mass is 9.75. The number of hydrogen-bond donors (Lipinski definition) is 0. The fraction of sp³-hybridized carbons (Fsp3) is 0.765. The summed E-state index contributed by atoms with van der Waals surface area (Å²) in [5.41, 5.74) is 0.555. The van der Waals surface area contributed by atoms with Crippen LogP contribution in [-0.4, -0.2) is 51.1 Å². The van der Waals surface area contributed by atoms with Gasteiger partial charge in [0.05, 0.1) is 7.11 Å². The minimum Gasteiger partial charge on any atom is -0.471 e. The lowest BCUT2D eigenvalue weighted by Crippen LogP contribution is -2.35. The Morgan fingerprint density at radius 1 is 1.30 bits per heavy atom. The summed E-state index contributed by atoms with van der Waals surface area (Å²) in [6.45, 7) is 11.7. The number of carbonyl (C=O) groups is 2. The summed E-state index contributed by atoms with van der Waals surface area (Å²) < 4.78 is 9.25. The molecule has 0 aromatic rings. The first kappa shape index (κ1) is 21.5. The van der Waals surface area contributed by atoms with E-state index in [0.717, 1.165) is 31.4 Å². The van der Waals surface area contributed by atoms with Crippen molar-refractivity contribution in [1.82, 2.24) is 4.90 Å². The molecule has 0 saturated carbocycles. The second-order valence-electron chi connectivity index (χ2n) is 6.46. The Morgan fingerprint density at radius 2 is 1.83 bits per heavy atom. The van der Waals surface area contributed by atoms with E-state index in [1.165, 1.54) is 7.11 Å². The molecule has 1 fully saturated rings. The Morgan fingerprint density at radius 3 is 2.30 bits per heavy atom. The van der Waals surface area contributed by atoms with Gasteiger partial charge in [-0.3, -0.25) is 4.79 Å². The molecule has 2 radical (unpaired) electrons. The molecule has 0 spiro atoms. The Balaban J connectivity index is 0.000000705. The van der Waals surface area contributed by atoms with Crippen LogP contribution in [0.1, 0.15) is 47.5 Å². The zero-order valence-corrected chi connectivity index (χ0v) is 15.3. The highest BCUT2D eigenvalue weighted by Crippen LogP contribution is 2.35. The molecule has 2 atom stereocenters. The van der Waals surface area contributed by atoms with E-state index in [1.807, 2.05) is 39.5 Å². The summed E-state index contributed by atoms with van der Waals surface area (Å²) >= 11 is 0. The van der Waals surface area contributed by atoms with Crippen LogP contribution >= 0.6 is 0 Å². The topological polar surface area (TPSA) is 55.8 Å². The van der Waals surface area contributed by atoms with Crippen LogP contribution in [0.5, 0.6) is 0 Å². The van der Waals surface area contributed by atoms with Gasteiger partial charge >= 0.3 is 6.09 Å². The maximum atomic E-state index is 11.9. The first-order chi connectivity index (χ1) is 10.8. The lowest BCUT2D eigenvalue weighted by Gasteiger charge is -2.24. The molecule has 0 bridgehead atoms. The summed E-state index contributed by atoms with van der Waals surface area (Å²) in [5.74, 6) is 1.09. The smallest absolute Gasteiger partial charge is 0.410 e. The summed E-state index contributed by atoms with van der Waals surface area (Å²) in [5, 5.41) is 0. The summed E-state index contributed by atoms with van der Waals surface area (Å²) in [7, 11) is 7.15. The predicted molar refractivity (Wildman–Crippen MR) is 92.3 cm³/mol. The van der Waals surface area contributed by atoms with Gasteiger partial charge in [0.1, 0.15) is 13.4 Å². The van der Waals surface area contributed by atoms with Crippen molar-refractivity contribution in [1.29, 1.82) is 0 Å². The third-order valence-electron chi connectivity index (χ3n) is 3.51. The van der Waals surface area contributed by atoms with Gasteiger partial charge in [-0.25, -0.2) is 4.79 Å². The van der Waals surface area contributed by atoms with E-state index in [-0.39, 0.29) is 6.09 Å². The van der Waals surface area contributed by atoms with Gasteiger partial charge in [0.15, 0.2) is 0 Å². The number of nitrogens with zero attached hydrogens (tertiary/aromatic N) is 1. The molecule has 23 heavy (non-hydrogen) atoms. The van der Waals surface area contributed by atoms with E-state index < -0.39 is 5.60 Å². The van der Waals surface area contributed by atoms with Crippen molar-refractivity contribution in [3.63, 3.8) is 0 Å². The molecule has 0 N–H and O–H groups in total. The SMILES string of the molecule is CC.COC=O.[B]C1=CC[C@H]2CN(C(=O)OC(C)(C)C)C[C@H]2C1. The maximum absolute atomic E-state index is 11.9. The van der Waals surface area contributed by atoms with Gasteiger partial charge < -0.3 is 14.4 Å². The molecule has 2 rings (SSSR count). The number of methoxy groups -OCH3 is 1. The number of likely N-dealkylation sites (tertiary alicyclic amines) is 1. The van der Waals surface area contributed by atoms with Gasteiger partial charge in [0.2, 0.25) is 0 Å². The Kier molecular flexibility index (Phi) is 9.69. The second-order valence-corrected chi connectivity index (χ2v) is 6.46. The molecule has 1 heterocycles. The van der Waals surface area contributed by atoms with E-state index >= 15 is 0 Å². The molecule has 0 unspecified atom stereocenters. The largest absolute Gasteiger partial charge is 0.471 e. The van der Waals surface area contributed by atoms with Crippen LogP contribution in [0.25, 0.3) is 0 Å². The van der Waals surface area contributed by atoms with Crippen molar-refractivity contribution >= 4 is 20.4 Å². The highest BCUT2D eigenvalue weighted by molar-refractivity contribution is 6.21. The number of carbonyl (C=O) groups excluding carboxylic acids is 2. The van der Waals surface area contributed by atoms with Crippen LogP contribution in [0.15, 0.2) is 11.5 Å². The lowest BCUT2D eigenvalue weighted by molar-refractivity contribution is -0.126. The van der Waals surface area contributed by atoms with Crippen LogP contribution in [-0.2, 0) is 14.3 Å². The zero-order chi connectivity index (χ0) is 18.0. The fourth-order valence-electron chi connectivity index (χ4n) is 2.60. The molecular formula is C17H30BNO4. The van der Waals surface area contributed by atoms with Crippen molar-refractivity contribution in [3.8, 4) is 0 Å². The van der Waals surface area contributed by atoms with Crippen molar-refractivity contribution in [2.24, 2.45) is 11.8 Å². The van der Waals surface area contributed by atoms with Crippen molar-refractivity contribution < 1.29 is 19.1 Å². The van der Waals surface area contributed by atoms with Gasteiger partial charge in [0, 0.05) is 13.1 Å². The summed E-state index contributed by atoms with van der Waals surface area (Å²) in [6, 6.07) is 0. The quantitative estimate of drug-likeness (QED) is 0.549. The third kappa shape index (κ3) is 8.09. The van der Waals surface area contributed by atoms with Gasteiger partial charge in [0.25, 0.3) is 6.47 Å². The van der Waals surface area contributed by atoms with E-state index in [1.54, 1.807) is 0 Å². The van der Waals surface area contributed by atoms with E-state index in [4.69, 9.17) is 17.4 Å². The van der Waals surface area contributed by atoms with Crippen molar-refractivity contribution in [2.75, 3.05) is 20.2 Å². The normalized spacial score (nSPS) is 22.3. The summed E-state index contributed by atoms with van der Waals surface area (Å²) in [6.07, 6.45) is 3.82.